The lowest BCUT2D eigenvalue weighted by molar-refractivity contribution is -0.0299. The van der Waals surface area contributed by atoms with Gasteiger partial charge in [0.25, 0.3) is 0 Å². The number of morpholine rings is 1. The molecule has 2 heterocycles. The van der Waals surface area contributed by atoms with Crippen LogP contribution >= 0.6 is 11.3 Å². The topological polar surface area (TPSA) is 37.4 Å². The van der Waals surface area contributed by atoms with Crippen molar-refractivity contribution in [3.05, 3.63) is 15.6 Å². The van der Waals surface area contributed by atoms with Crippen molar-refractivity contribution in [3.8, 4) is 0 Å². The Bertz CT molecular complexity index is 382. The van der Waals surface area contributed by atoms with E-state index in [-0.39, 0.29) is 6.10 Å². The molecule has 0 amide bonds. The van der Waals surface area contributed by atoms with Crippen molar-refractivity contribution in [1.29, 1.82) is 0 Å². The zero-order valence-corrected chi connectivity index (χ0v) is 13.8. The maximum absolute atomic E-state index is 5.95. The predicted molar refractivity (Wildman–Crippen MR) is 84.3 cm³/mol. The van der Waals surface area contributed by atoms with E-state index in [4.69, 9.17) is 9.72 Å². The predicted octanol–water partition coefficient (Wildman–Crippen LogP) is 2.60. The molecule has 114 valence electrons. The smallest absolute Gasteiger partial charge is 0.123 e. The van der Waals surface area contributed by atoms with Gasteiger partial charge in [0.05, 0.1) is 12.3 Å². The lowest BCUT2D eigenvalue weighted by atomic mass is 10.2. The van der Waals surface area contributed by atoms with E-state index in [1.807, 2.05) is 18.4 Å². The van der Waals surface area contributed by atoms with Crippen LogP contribution in [-0.2, 0) is 17.7 Å². The molecule has 1 aromatic rings. The van der Waals surface area contributed by atoms with E-state index in [9.17, 15) is 0 Å². The van der Waals surface area contributed by atoms with Gasteiger partial charge in [0.1, 0.15) is 11.1 Å². The van der Waals surface area contributed by atoms with Crippen molar-refractivity contribution in [2.24, 2.45) is 0 Å². The number of nitrogens with zero attached hydrogens (tertiary/aromatic N) is 2. The number of hydrogen-bond donors (Lipinski definition) is 1. The lowest BCUT2D eigenvalue weighted by Crippen LogP contribution is -2.38. The molecule has 20 heavy (non-hydrogen) atoms. The highest BCUT2D eigenvalue weighted by molar-refractivity contribution is 7.11. The summed E-state index contributed by atoms with van der Waals surface area (Å²) >= 11 is 1.83. The molecule has 2 rings (SSSR count). The third kappa shape index (κ3) is 4.01. The van der Waals surface area contributed by atoms with Crippen molar-refractivity contribution in [1.82, 2.24) is 15.2 Å². The van der Waals surface area contributed by atoms with Crippen LogP contribution in [0, 0.1) is 0 Å². The van der Waals surface area contributed by atoms with E-state index in [1.165, 1.54) is 22.0 Å². The highest BCUT2D eigenvalue weighted by atomic mass is 32.1. The van der Waals surface area contributed by atoms with Gasteiger partial charge in [0.15, 0.2) is 0 Å². The highest BCUT2D eigenvalue weighted by Gasteiger charge is 2.25. The molecular weight excluding hydrogens is 270 g/mol. The maximum atomic E-state index is 5.95. The van der Waals surface area contributed by atoms with Gasteiger partial charge in [0.2, 0.25) is 0 Å². The van der Waals surface area contributed by atoms with Gasteiger partial charge in [0, 0.05) is 24.5 Å². The van der Waals surface area contributed by atoms with Crippen LogP contribution in [0.5, 0.6) is 0 Å². The lowest BCUT2D eigenvalue weighted by Gasteiger charge is -2.31. The van der Waals surface area contributed by atoms with Crippen LogP contribution in [0.1, 0.15) is 48.4 Å². The van der Waals surface area contributed by atoms with Crippen LogP contribution in [-0.4, -0.2) is 43.2 Å². The quantitative estimate of drug-likeness (QED) is 0.839. The fourth-order valence-corrected chi connectivity index (χ4v) is 3.81. The number of ether oxygens (including phenoxy) is 1. The summed E-state index contributed by atoms with van der Waals surface area (Å²) in [6, 6.07) is 0. The molecule has 0 radical (unpaired) electrons. The normalized spacial score (nSPS) is 20.4. The minimum absolute atomic E-state index is 0.168. The number of rotatable bonds is 7. The molecule has 1 aliphatic rings. The van der Waals surface area contributed by atoms with E-state index in [2.05, 4.69) is 24.1 Å². The van der Waals surface area contributed by atoms with Gasteiger partial charge in [-0.1, -0.05) is 20.3 Å². The number of thiazole rings is 1. The van der Waals surface area contributed by atoms with E-state index in [1.54, 1.807) is 0 Å². The monoisotopic (exact) mass is 297 g/mol. The van der Waals surface area contributed by atoms with Crippen LogP contribution in [0.15, 0.2) is 0 Å². The first-order valence-electron chi connectivity index (χ1n) is 7.75. The average Bonchev–Trinajstić information content (AvgIpc) is 2.84. The SMILES string of the molecule is CCCc1nc(C2CN(CCC)CCO2)sc1CNC. The van der Waals surface area contributed by atoms with E-state index in [0.29, 0.717) is 0 Å². The third-order valence-corrected chi connectivity index (χ3v) is 4.77. The standard InChI is InChI=1S/C15H27N3OS/c1-4-6-12-14(10-16-3)20-15(17-12)13-11-18(7-5-2)8-9-19-13/h13,16H,4-11H2,1-3H3. The molecule has 5 heteroatoms. The summed E-state index contributed by atoms with van der Waals surface area (Å²) in [5, 5.41) is 4.41. The van der Waals surface area contributed by atoms with Gasteiger partial charge >= 0.3 is 0 Å². The van der Waals surface area contributed by atoms with Crippen LogP contribution in [0.2, 0.25) is 0 Å². The first-order chi connectivity index (χ1) is 9.78. The Labute approximate surface area is 126 Å². The summed E-state index contributed by atoms with van der Waals surface area (Å²) < 4.78 is 5.95. The van der Waals surface area contributed by atoms with Crippen LogP contribution < -0.4 is 5.32 Å². The Morgan fingerprint density at radius 2 is 2.25 bits per heavy atom. The van der Waals surface area contributed by atoms with Gasteiger partial charge < -0.3 is 10.1 Å². The van der Waals surface area contributed by atoms with Gasteiger partial charge in [-0.2, -0.15) is 0 Å². The largest absolute Gasteiger partial charge is 0.368 e. The van der Waals surface area contributed by atoms with Crippen molar-refractivity contribution in [2.75, 3.05) is 33.3 Å². The molecule has 1 aromatic heterocycles. The average molecular weight is 297 g/mol. The van der Waals surface area contributed by atoms with E-state index >= 15 is 0 Å². The van der Waals surface area contributed by atoms with E-state index in [0.717, 1.165) is 45.6 Å². The van der Waals surface area contributed by atoms with Crippen molar-refractivity contribution < 1.29 is 4.74 Å². The fraction of sp³-hybridized carbons (Fsp3) is 0.800. The van der Waals surface area contributed by atoms with Crippen LogP contribution in [0.4, 0.5) is 0 Å². The minimum atomic E-state index is 0.168. The minimum Gasteiger partial charge on any atom is -0.368 e. The summed E-state index contributed by atoms with van der Waals surface area (Å²) in [5.41, 5.74) is 1.26. The molecule has 1 saturated heterocycles. The summed E-state index contributed by atoms with van der Waals surface area (Å²) in [6.07, 6.45) is 3.59. The molecule has 0 aliphatic carbocycles. The second kappa shape index (κ2) is 8.08. The zero-order chi connectivity index (χ0) is 14.4. The molecule has 0 aromatic carbocycles. The van der Waals surface area contributed by atoms with Crippen molar-refractivity contribution in [3.63, 3.8) is 0 Å². The Hall–Kier alpha value is -0.490. The third-order valence-electron chi connectivity index (χ3n) is 3.58. The first kappa shape index (κ1) is 15.9. The molecular formula is C15H27N3OS. The van der Waals surface area contributed by atoms with Gasteiger partial charge in [-0.05, 0) is 26.4 Å². The Balaban J connectivity index is 2.08. The molecule has 1 fully saturated rings. The first-order valence-corrected chi connectivity index (χ1v) is 8.57. The van der Waals surface area contributed by atoms with Crippen molar-refractivity contribution in [2.45, 2.75) is 45.8 Å². The van der Waals surface area contributed by atoms with E-state index < -0.39 is 0 Å². The number of aromatic nitrogens is 1. The second-order valence-electron chi connectivity index (χ2n) is 5.36. The molecule has 1 aliphatic heterocycles. The molecule has 0 spiro atoms. The molecule has 1 atom stereocenters. The highest BCUT2D eigenvalue weighted by Crippen LogP contribution is 2.29. The fourth-order valence-electron chi connectivity index (χ4n) is 2.64. The van der Waals surface area contributed by atoms with Gasteiger partial charge in [-0.3, -0.25) is 4.90 Å². The molecule has 0 saturated carbocycles. The molecule has 0 bridgehead atoms. The Kier molecular flexibility index (Phi) is 6.42. The molecule has 1 unspecified atom stereocenters. The molecule has 4 nitrogen and oxygen atoms in total. The summed E-state index contributed by atoms with van der Waals surface area (Å²) in [5.74, 6) is 0. The second-order valence-corrected chi connectivity index (χ2v) is 6.48. The van der Waals surface area contributed by atoms with Gasteiger partial charge in [-0.15, -0.1) is 11.3 Å². The summed E-state index contributed by atoms with van der Waals surface area (Å²) in [6.45, 7) is 9.40. The Morgan fingerprint density at radius 3 is 2.95 bits per heavy atom. The number of hydrogen-bond acceptors (Lipinski definition) is 5. The van der Waals surface area contributed by atoms with Crippen LogP contribution in [0.3, 0.4) is 0 Å². The van der Waals surface area contributed by atoms with Gasteiger partial charge in [-0.25, -0.2) is 4.98 Å². The number of aryl methyl sites for hydroxylation is 1. The molecule has 1 N–H and O–H groups in total. The summed E-state index contributed by atoms with van der Waals surface area (Å²) in [4.78, 5) is 8.73. The zero-order valence-electron chi connectivity index (χ0n) is 12.9. The maximum Gasteiger partial charge on any atom is 0.123 e. The van der Waals surface area contributed by atoms with Crippen molar-refractivity contribution >= 4 is 11.3 Å². The number of nitrogens with one attached hydrogen (secondary N) is 1. The summed E-state index contributed by atoms with van der Waals surface area (Å²) in [7, 11) is 2.00. The Morgan fingerprint density at radius 1 is 1.40 bits per heavy atom. The van der Waals surface area contributed by atoms with Crippen LogP contribution in [0.25, 0.3) is 0 Å².